The zero-order chi connectivity index (χ0) is 16.1. The van der Waals surface area contributed by atoms with Gasteiger partial charge in [0.2, 0.25) is 5.75 Å². The quantitative estimate of drug-likeness (QED) is 0.810. The molecule has 1 aliphatic carbocycles. The van der Waals surface area contributed by atoms with Crippen molar-refractivity contribution in [2.24, 2.45) is 0 Å². The SMILES string of the molecule is CCN(C(=O)c1cc(OC)c(OC)c(OC)c1)C1CCCC1. The van der Waals surface area contributed by atoms with E-state index in [9.17, 15) is 4.79 Å². The number of nitrogens with zero attached hydrogens (tertiary/aromatic N) is 1. The van der Waals surface area contributed by atoms with Crippen LogP contribution in [0.1, 0.15) is 43.0 Å². The first-order valence-corrected chi connectivity index (χ1v) is 7.77. The maximum atomic E-state index is 12.9. The maximum Gasteiger partial charge on any atom is 0.254 e. The summed E-state index contributed by atoms with van der Waals surface area (Å²) >= 11 is 0. The van der Waals surface area contributed by atoms with Gasteiger partial charge in [-0.2, -0.15) is 0 Å². The van der Waals surface area contributed by atoms with Gasteiger partial charge in [-0.3, -0.25) is 4.79 Å². The number of rotatable bonds is 6. The molecule has 0 atom stereocenters. The number of amides is 1. The molecule has 0 saturated heterocycles. The highest BCUT2D eigenvalue weighted by Gasteiger charge is 2.27. The van der Waals surface area contributed by atoms with E-state index in [1.165, 1.54) is 12.8 Å². The van der Waals surface area contributed by atoms with Gasteiger partial charge in [-0.05, 0) is 31.9 Å². The topological polar surface area (TPSA) is 48.0 Å². The molecular weight excluding hydrogens is 282 g/mol. The van der Waals surface area contributed by atoms with E-state index in [1.807, 2.05) is 11.8 Å². The Bertz CT molecular complexity index is 498. The van der Waals surface area contributed by atoms with Gasteiger partial charge in [-0.15, -0.1) is 0 Å². The fraction of sp³-hybridized carbons (Fsp3) is 0.588. The number of ether oxygens (including phenoxy) is 3. The second kappa shape index (κ2) is 7.38. The summed E-state index contributed by atoms with van der Waals surface area (Å²) in [7, 11) is 4.67. The minimum absolute atomic E-state index is 0.0219. The predicted octanol–water partition coefficient (Wildman–Crippen LogP) is 3.12. The van der Waals surface area contributed by atoms with Crippen LogP contribution in [0.25, 0.3) is 0 Å². The summed E-state index contributed by atoms with van der Waals surface area (Å²) in [5.41, 5.74) is 0.572. The Labute approximate surface area is 132 Å². The average molecular weight is 307 g/mol. The summed E-state index contributed by atoms with van der Waals surface area (Å²) < 4.78 is 16.0. The van der Waals surface area contributed by atoms with Crippen molar-refractivity contribution in [3.63, 3.8) is 0 Å². The fourth-order valence-corrected chi connectivity index (χ4v) is 3.15. The molecule has 0 aromatic heterocycles. The summed E-state index contributed by atoms with van der Waals surface area (Å²) in [5, 5.41) is 0. The highest BCUT2D eigenvalue weighted by atomic mass is 16.5. The van der Waals surface area contributed by atoms with Crippen molar-refractivity contribution in [1.29, 1.82) is 0 Å². The molecule has 0 aliphatic heterocycles. The molecule has 1 aliphatic rings. The first-order chi connectivity index (χ1) is 10.7. The molecule has 1 amide bonds. The Morgan fingerprint density at radius 2 is 1.64 bits per heavy atom. The number of hydrogen-bond acceptors (Lipinski definition) is 4. The van der Waals surface area contributed by atoms with Crippen LogP contribution in [0.3, 0.4) is 0 Å². The van der Waals surface area contributed by atoms with Crippen molar-refractivity contribution in [1.82, 2.24) is 4.90 Å². The number of carbonyl (C=O) groups excluding carboxylic acids is 1. The van der Waals surface area contributed by atoms with Gasteiger partial charge in [0.1, 0.15) is 0 Å². The van der Waals surface area contributed by atoms with Crippen LogP contribution in [0.5, 0.6) is 17.2 Å². The van der Waals surface area contributed by atoms with Crippen LogP contribution in [0.15, 0.2) is 12.1 Å². The molecule has 5 heteroatoms. The van der Waals surface area contributed by atoms with Gasteiger partial charge in [0.05, 0.1) is 21.3 Å². The molecular formula is C17H25NO4. The van der Waals surface area contributed by atoms with Crippen molar-refractivity contribution in [3.8, 4) is 17.2 Å². The Hall–Kier alpha value is -1.91. The van der Waals surface area contributed by atoms with Gasteiger partial charge in [-0.25, -0.2) is 0 Å². The molecule has 0 radical (unpaired) electrons. The van der Waals surface area contributed by atoms with Crippen LogP contribution in [0.2, 0.25) is 0 Å². The van der Waals surface area contributed by atoms with Crippen LogP contribution in [0, 0.1) is 0 Å². The van der Waals surface area contributed by atoms with E-state index in [0.717, 1.165) is 12.8 Å². The van der Waals surface area contributed by atoms with Gasteiger partial charge in [0.15, 0.2) is 11.5 Å². The van der Waals surface area contributed by atoms with Gasteiger partial charge in [0.25, 0.3) is 5.91 Å². The third-order valence-corrected chi connectivity index (χ3v) is 4.28. The minimum atomic E-state index is 0.0219. The summed E-state index contributed by atoms with van der Waals surface area (Å²) in [6, 6.07) is 3.79. The first kappa shape index (κ1) is 16.5. The molecule has 0 spiro atoms. The zero-order valence-corrected chi connectivity index (χ0v) is 13.8. The third kappa shape index (κ3) is 3.13. The van der Waals surface area contributed by atoms with E-state index in [1.54, 1.807) is 33.5 Å². The molecule has 2 rings (SSSR count). The van der Waals surface area contributed by atoms with Gasteiger partial charge in [0, 0.05) is 18.2 Å². The highest BCUT2D eigenvalue weighted by molar-refractivity contribution is 5.96. The lowest BCUT2D eigenvalue weighted by Gasteiger charge is -2.28. The van der Waals surface area contributed by atoms with Crippen molar-refractivity contribution < 1.29 is 19.0 Å². The lowest BCUT2D eigenvalue weighted by Crippen LogP contribution is -2.38. The van der Waals surface area contributed by atoms with Crippen LogP contribution >= 0.6 is 0 Å². The van der Waals surface area contributed by atoms with Gasteiger partial charge in [-0.1, -0.05) is 12.8 Å². The van der Waals surface area contributed by atoms with E-state index in [0.29, 0.717) is 35.4 Å². The molecule has 1 fully saturated rings. The van der Waals surface area contributed by atoms with E-state index in [-0.39, 0.29) is 5.91 Å². The molecule has 0 heterocycles. The second-order valence-corrected chi connectivity index (χ2v) is 5.44. The van der Waals surface area contributed by atoms with Crippen molar-refractivity contribution in [2.45, 2.75) is 38.6 Å². The fourth-order valence-electron chi connectivity index (χ4n) is 3.15. The molecule has 1 saturated carbocycles. The summed E-state index contributed by atoms with van der Waals surface area (Å²) in [4.78, 5) is 14.8. The minimum Gasteiger partial charge on any atom is -0.493 e. The lowest BCUT2D eigenvalue weighted by atomic mass is 10.1. The monoisotopic (exact) mass is 307 g/mol. The Morgan fingerprint density at radius 1 is 1.09 bits per heavy atom. The van der Waals surface area contributed by atoms with E-state index < -0.39 is 0 Å². The largest absolute Gasteiger partial charge is 0.493 e. The number of carbonyl (C=O) groups is 1. The molecule has 1 aromatic rings. The van der Waals surface area contributed by atoms with Gasteiger partial charge < -0.3 is 19.1 Å². The number of methoxy groups -OCH3 is 3. The second-order valence-electron chi connectivity index (χ2n) is 5.44. The molecule has 122 valence electrons. The summed E-state index contributed by atoms with van der Waals surface area (Å²) in [5.74, 6) is 1.54. The molecule has 5 nitrogen and oxygen atoms in total. The third-order valence-electron chi connectivity index (χ3n) is 4.28. The van der Waals surface area contributed by atoms with Crippen molar-refractivity contribution in [3.05, 3.63) is 17.7 Å². The summed E-state index contributed by atoms with van der Waals surface area (Å²) in [6.07, 6.45) is 4.57. The standard InChI is InChI=1S/C17H25NO4/c1-5-18(13-8-6-7-9-13)17(19)12-10-14(20-2)16(22-4)15(11-12)21-3/h10-11,13H,5-9H2,1-4H3. The Balaban J connectivity index is 2.35. The van der Waals surface area contributed by atoms with Crippen molar-refractivity contribution in [2.75, 3.05) is 27.9 Å². The van der Waals surface area contributed by atoms with Gasteiger partial charge >= 0.3 is 0 Å². The predicted molar refractivity (Wildman–Crippen MR) is 85.1 cm³/mol. The molecule has 0 unspecified atom stereocenters. The van der Waals surface area contributed by atoms with Crippen LogP contribution in [0.4, 0.5) is 0 Å². The maximum absolute atomic E-state index is 12.9. The highest BCUT2D eigenvalue weighted by Crippen LogP contribution is 2.38. The van der Waals surface area contributed by atoms with Crippen LogP contribution < -0.4 is 14.2 Å². The number of hydrogen-bond donors (Lipinski definition) is 0. The Morgan fingerprint density at radius 3 is 2.05 bits per heavy atom. The molecule has 1 aromatic carbocycles. The van der Waals surface area contributed by atoms with Crippen LogP contribution in [-0.2, 0) is 0 Å². The normalized spacial score (nSPS) is 14.7. The smallest absolute Gasteiger partial charge is 0.254 e. The zero-order valence-electron chi connectivity index (χ0n) is 13.8. The first-order valence-electron chi connectivity index (χ1n) is 7.77. The molecule has 0 bridgehead atoms. The molecule has 0 N–H and O–H groups in total. The Kier molecular flexibility index (Phi) is 5.52. The average Bonchev–Trinajstić information content (AvgIpc) is 3.08. The van der Waals surface area contributed by atoms with E-state index in [2.05, 4.69) is 0 Å². The van der Waals surface area contributed by atoms with Crippen molar-refractivity contribution >= 4 is 5.91 Å². The number of benzene rings is 1. The summed E-state index contributed by atoms with van der Waals surface area (Å²) in [6.45, 7) is 2.73. The lowest BCUT2D eigenvalue weighted by molar-refractivity contribution is 0.0692. The van der Waals surface area contributed by atoms with E-state index >= 15 is 0 Å². The van der Waals surface area contributed by atoms with Crippen LogP contribution in [-0.4, -0.2) is 44.7 Å². The molecule has 22 heavy (non-hydrogen) atoms. The van der Waals surface area contributed by atoms with E-state index in [4.69, 9.17) is 14.2 Å².